The summed E-state index contributed by atoms with van der Waals surface area (Å²) >= 11 is 4.17. The van der Waals surface area contributed by atoms with E-state index in [4.69, 9.17) is 0 Å². The molecule has 5 nitrogen and oxygen atoms in total. The van der Waals surface area contributed by atoms with E-state index in [-0.39, 0.29) is 16.3 Å². The Kier molecular flexibility index (Phi) is 7.20. The Balaban J connectivity index is 1.86. The summed E-state index contributed by atoms with van der Waals surface area (Å²) in [7, 11) is -4.03. The first-order valence-corrected chi connectivity index (χ1v) is 11.9. The van der Waals surface area contributed by atoms with Gasteiger partial charge in [-0.3, -0.25) is 4.79 Å². The minimum absolute atomic E-state index is 0.00399. The van der Waals surface area contributed by atoms with Crippen LogP contribution in [0.5, 0.6) is 0 Å². The average molecular weight is 533 g/mol. The number of hydrogen-bond donors (Lipinski definition) is 2. The van der Waals surface area contributed by atoms with E-state index in [1.165, 1.54) is 12.1 Å². The molecule has 1 atom stereocenters. The van der Waals surface area contributed by atoms with Crippen LogP contribution in [0.4, 0.5) is 18.9 Å². The molecule has 0 fully saturated rings. The summed E-state index contributed by atoms with van der Waals surface area (Å²) in [5, 5.41) is 2.38. The maximum absolute atomic E-state index is 13.0. The highest BCUT2D eigenvalue weighted by Crippen LogP contribution is 2.31. The van der Waals surface area contributed by atoms with Crippen LogP contribution < -0.4 is 10.0 Å². The summed E-state index contributed by atoms with van der Waals surface area (Å²) in [5.74, 6) is -0.776. The Bertz CT molecular complexity index is 1170. The Morgan fingerprint density at radius 1 is 1.03 bits per heavy atom. The number of benzene rings is 2. The third-order valence-electron chi connectivity index (χ3n) is 4.17. The zero-order valence-electron chi connectivity index (χ0n) is 15.7. The highest BCUT2D eigenvalue weighted by molar-refractivity contribution is 9.11. The first kappa shape index (κ1) is 23.5. The van der Waals surface area contributed by atoms with Gasteiger partial charge in [0.25, 0.3) is 10.0 Å². The number of thiophene rings is 1. The highest BCUT2D eigenvalue weighted by atomic mass is 79.9. The summed E-state index contributed by atoms with van der Waals surface area (Å²) in [6.45, 7) is 0. The molecule has 1 amide bonds. The number of rotatable bonds is 7. The topological polar surface area (TPSA) is 75.3 Å². The zero-order chi connectivity index (χ0) is 22.6. The Hall–Kier alpha value is -2.21. The first-order chi connectivity index (χ1) is 14.5. The number of nitrogens with one attached hydrogen (secondary N) is 2. The minimum atomic E-state index is -4.57. The summed E-state index contributed by atoms with van der Waals surface area (Å²) in [6, 6.07) is 14.5. The fraction of sp³-hybridized carbons (Fsp3) is 0.150. The predicted octanol–water partition coefficient (Wildman–Crippen LogP) is 5.06. The van der Waals surface area contributed by atoms with Gasteiger partial charge in [-0.15, -0.1) is 11.3 Å². The Morgan fingerprint density at radius 2 is 1.74 bits per heavy atom. The van der Waals surface area contributed by atoms with Crippen LogP contribution >= 0.6 is 27.3 Å². The van der Waals surface area contributed by atoms with Crippen molar-refractivity contribution in [3.05, 3.63) is 81.6 Å². The molecule has 0 spiro atoms. The van der Waals surface area contributed by atoms with Gasteiger partial charge in [0.05, 0.1) is 9.35 Å². The van der Waals surface area contributed by atoms with Crippen molar-refractivity contribution in [1.29, 1.82) is 0 Å². The van der Waals surface area contributed by atoms with Crippen molar-refractivity contribution < 1.29 is 26.4 Å². The lowest BCUT2D eigenvalue weighted by molar-refractivity contribution is -0.137. The van der Waals surface area contributed by atoms with Crippen LogP contribution in [0, 0.1) is 0 Å². The van der Waals surface area contributed by atoms with Crippen LogP contribution in [0.25, 0.3) is 0 Å². The van der Waals surface area contributed by atoms with Crippen molar-refractivity contribution in [3.8, 4) is 0 Å². The molecule has 3 rings (SSSR count). The second-order valence-corrected chi connectivity index (χ2v) is 10.9. The van der Waals surface area contributed by atoms with E-state index in [9.17, 15) is 26.4 Å². The Morgan fingerprint density at radius 3 is 2.35 bits per heavy atom. The molecule has 0 radical (unpaired) electrons. The van der Waals surface area contributed by atoms with Crippen molar-refractivity contribution in [2.75, 3.05) is 5.32 Å². The van der Waals surface area contributed by atoms with Crippen molar-refractivity contribution in [1.82, 2.24) is 4.72 Å². The van der Waals surface area contributed by atoms with Crippen LogP contribution in [0.3, 0.4) is 0 Å². The third-order valence-corrected chi connectivity index (χ3v) is 7.75. The van der Waals surface area contributed by atoms with Crippen LogP contribution in [-0.4, -0.2) is 20.4 Å². The lowest BCUT2D eigenvalue weighted by atomic mass is 10.1. The molecule has 31 heavy (non-hydrogen) atoms. The Labute approximate surface area is 189 Å². The smallest absolute Gasteiger partial charge is 0.325 e. The lowest BCUT2D eigenvalue weighted by Crippen LogP contribution is -2.45. The number of hydrogen-bond acceptors (Lipinski definition) is 4. The van der Waals surface area contributed by atoms with Crippen molar-refractivity contribution >= 4 is 48.9 Å². The van der Waals surface area contributed by atoms with E-state index < -0.39 is 33.7 Å². The molecule has 2 aromatic carbocycles. The van der Waals surface area contributed by atoms with E-state index in [2.05, 4.69) is 26.0 Å². The molecule has 3 aromatic rings. The zero-order valence-corrected chi connectivity index (χ0v) is 18.9. The van der Waals surface area contributed by atoms with Gasteiger partial charge in [0.1, 0.15) is 10.3 Å². The van der Waals surface area contributed by atoms with E-state index in [0.29, 0.717) is 9.35 Å². The van der Waals surface area contributed by atoms with Crippen molar-refractivity contribution in [3.63, 3.8) is 0 Å². The van der Waals surface area contributed by atoms with Crippen LogP contribution in [-0.2, 0) is 27.4 Å². The van der Waals surface area contributed by atoms with Crippen LogP contribution in [0.1, 0.15) is 11.1 Å². The van der Waals surface area contributed by atoms with E-state index >= 15 is 0 Å². The maximum atomic E-state index is 13.0. The highest BCUT2D eigenvalue weighted by Gasteiger charge is 2.31. The molecular formula is C20H16BrF3N2O3S2. The summed E-state index contributed by atoms with van der Waals surface area (Å²) < 4.78 is 67.3. The predicted molar refractivity (Wildman–Crippen MR) is 116 cm³/mol. The van der Waals surface area contributed by atoms with Gasteiger partial charge in [-0.2, -0.15) is 17.9 Å². The monoisotopic (exact) mass is 532 g/mol. The van der Waals surface area contributed by atoms with Crippen molar-refractivity contribution in [2.45, 2.75) is 22.8 Å². The van der Waals surface area contributed by atoms with Crippen LogP contribution in [0.15, 0.2) is 74.7 Å². The molecule has 0 aliphatic carbocycles. The quantitative estimate of drug-likeness (QED) is 0.446. The van der Waals surface area contributed by atoms with E-state index in [0.717, 1.165) is 29.5 Å². The van der Waals surface area contributed by atoms with Gasteiger partial charge < -0.3 is 5.32 Å². The third kappa shape index (κ3) is 6.39. The molecule has 1 heterocycles. The number of carbonyl (C=O) groups excluding carboxylic acids is 1. The van der Waals surface area contributed by atoms with Gasteiger partial charge in [-0.25, -0.2) is 8.42 Å². The minimum Gasteiger partial charge on any atom is -0.325 e. The second-order valence-electron chi connectivity index (χ2n) is 6.49. The number of alkyl halides is 3. The first-order valence-electron chi connectivity index (χ1n) is 8.84. The molecule has 0 saturated carbocycles. The molecule has 1 aromatic heterocycles. The molecular weight excluding hydrogens is 517 g/mol. The second kappa shape index (κ2) is 9.51. The molecule has 0 unspecified atom stereocenters. The molecule has 0 saturated heterocycles. The normalized spacial score (nSPS) is 13.0. The van der Waals surface area contributed by atoms with Gasteiger partial charge in [0, 0.05) is 5.69 Å². The maximum Gasteiger partial charge on any atom is 0.416 e. The van der Waals surface area contributed by atoms with Crippen LogP contribution in [0.2, 0.25) is 0 Å². The summed E-state index contributed by atoms with van der Waals surface area (Å²) in [6.07, 6.45) is -4.56. The van der Waals surface area contributed by atoms with Gasteiger partial charge in [0.2, 0.25) is 5.91 Å². The van der Waals surface area contributed by atoms with Crippen molar-refractivity contribution in [2.24, 2.45) is 0 Å². The molecule has 2 N–H and O–H groups in total. The van der Waals surface area contributed by atoms with Gasteiger partial charge in [-0.05, 0) is 58.2 Å². The van der Waals surface area contributed by atoms with Gasteiger partial charge in [-0.1, -0.05) is 36.4 Å². The summed E-state index contributed by atoms with van der Waals surface area (Å²) in [4.78, 5) is 12.9. The molecule has 11 heteroatoms. The number of sulfonamides is 1. The average Bonchev–Trinajstić information content (AvgIpc) is 3.15. The number of amides is 1. The fourth-order valence-electron chi connectivity index (χ4n) is 2.73. The van der Waals surface area contributed by atoms with E-state index in [1.54, 1.807) is 36.4 Å². The van der Waals surface area contributed by atoms with E-state index in [1.807, 2.05) is 0 Å². The number of anilines is 1. The summed E-state index contributed by atoms with van der Waals surface area (Å²) in [5.41, 5.74) is -0.327. The molecule has 0 aliphatic rings. The fourth-order valence-corrected chi connectivity index (χ4v) is 5.95. The lowest BCUT2D eigenvalue weighted by Gasteiger charge is -2.19. The largest absolute Gasteiger partial charge is 0.416 e. The molecule has 164 valence electrons. The van der Waals surface area contributed by atoms with Gasteiger partial charge in [0.15, 0.2) is 0 Å². The molecule has 0 bridgehead atoms. The molecule has 0 aliphatic heterocycles. The standard InChI is InChI=1S/C20H16BrF3N2O3S2/c21-17-9-10-18(30-17)31(28,29)26-16(11-13-5-2-1-3-6-13)19(27)25-15-8-4-7-14(12-15)20(22,23)24/h1-10,12,16,26H,11H2,(H,25,27)/t16-/m0/s1. The number of carbonyl (C=O) groups is 1. The number of halogens is 4. The van der Waals surface area contributed by atoms with Gasteiger partial charge >= 0.3 is 6.18 Å². The SMILES string of the molecule is O=C(Nc1cccc(C(F)(F)F)c1)[C@H](Cc1ccccc1)NS(=O)(=O)c1ccc(Br)s1.